The van der Waals surface area contributed by atoms with Gasteiger partial charge in [0.2, 0.25) is 0 Å². The van der Waals surface area contributed by atoms with Crippen molar-refractivity contribution in [3.05, 3.63) is 0 Å². The molecule has 0 fully saturated rings. The maximum atomic E-state index is 11.1. The molecule has 0 heterocycles. The van der Waals surface area contributed by atoms with Crippen LogP contribution in [0, 0.1) is 5.92 Å². The SMILES string of the molecule is CCCCC(CC)C(CC)(CC)OP(=O)(O)O.[NaH]. The Hall–Kier alpha value is 1.11. The van der Waals surface area contributed by atoms with Crippen LogP contribution in [0.4, 0.5) is 0 Å². The average Bonchev–Trinajstić information content (AvgIpc) is 2.26. The molecule has 1 atom stereocenters. The number of phosphoric ester groups is 1. The summed E-state index contributed by atoms with van der Waals surface area (Å²) in [6.45, 7) is 8.06. The quantitative estimate of drug-likeness (QED) is 0.505. The van der Waals surface area contributed by atoms with Crippen LogP contribution in [0.15, 0.2) is 0 Å². The van der Waals surface area contributed by atoms with Gasteiger partial charge >= 0.3 is 37.4 Å². The van der Waals surface area contributed by atoms with Crippen molar-refractivity contribution in [3.8, 4) is 0 Å². The van der Waals surface area contributed by atoms with E-state index in [0.29, 0.717) is 12.8 Å². The summed E-state index contributed by atoms with van der Waals surface area (Å²) in [5.74, 6) is 0.213. The summed E-state index contributed by atoms with van der Waals surface area (Å²) in [7, 11) is -4.42. The third kappa shape index (κ3) is 7.04. The third-order valence-corrected chi connectivity index (χ3v) is 4.24. The second-order valence-corrected chi connectivity index (χ2v) is 5.76. The summed E-state index contributed by atoms with van der Waals surface area (Å²) in [4.78, 5) is 18.1. The van der Waals surface area contributed by atoms with Gasteiger partial charge in [-0.05, 0) is 25.2 Å². The Balaban J connectivity index is 0. The predicted octanol–water partition coefficient (Wildman–Crippen LogP) is 3.22. The summed E-state index contributed by atoms with van der Waals surface area (Å²) >= 11 is 0. The Morgan fingerprint density at radius 1 is 1.17 bits per heavy atom. The molecule has 0 bridgehead atoms. The van der Waals surface area contributed by atoms with E-state index in [2.05, 4.69) is 13.8 Å². The van der Waals surface area contributed by atoms with Gasteiger partial charge < -0.3 is 9.79 Å². The second kappa shape index (κ2) is 9.93. The van der Waals surface area contributed by atoms with E-state index in [1.165, 1.54) is 0 Å². The molecule has 0 aliphatic carbocycles. The fourth-order valence-corrected chi connectivity index (χ4v) is 3.44. The molecule has 0 aromatic rings. The molecule has 106 valence electrons. The van der Waals surface area contributed by atoms with Gasteiger partial charge in [0.1, 0.15) is 0 Å². The molecule has 0 radical (unpaired) electrons. The molecular formula is C12H28NaO4P. The molecule has 0 spiro atoms. The molecule has 0 aliphatic rings. The van der Waals surface area contributed by atoms with Crippen LogP contribution in [-0.4, -0.2) is 44.9 Å². The van der Waals surface area contributed by atoms with E-state index in [1.54, 1.807) is 0 Å². The first-order chi connectivity index (χ1) is 7.85. The van der Waals surface area contributed by atoms with Gasteiger partial charge in [-0.3, -0.25) is 4.52 Å². The van der Waals surface area contributed by atoms with E-state index in [0.717, 1.165) is 25.7 Å². The van der Waals surface area contributed by atoms with E-state index >= 15 is 0 Å². The molecular weight excluding hydrogens is 262 g/mol. The van der Waals surface area contributed by atoms with Gasteiger partial charge in [-0.15, -0.1) is 0 Å². The molecule has 0 amide bonds. The summed E-state index contributed by atoms with van der Waals surface area (Å²) < 4.78 is 16.3. The molecule has 0 aromatic heterocycles. The van der Waals surface area contributed by atoms with Crippen LogP contribution in [0.3, 0.4) is 0 Å². The first-order valence-electron chi connectivity index (χ1n) is 6.61. The van der Waals surface area contributed by atoms with E-state index in [1.807, 2.05) is 13.8 Å². The summed E-state index contributed by atoms with van der Waals surface area (Å²) in [6.07, 6.45) is 5.30. The number of rotatable bonds is 9. The Labute approximate surface area is 133 Å². The zero-order valence-corrected chi connectivity index (χ0v) is 12.4. The van der Waals surface area contributed by atoms with Crippen LogP contribution in [0.1, 0.15) is 66.2 Å². The summed E-state index contributed by atoms with van der Waals surface area (Å²) in [5.41, 5.74) is -0.678. The fourth-order valence-electron chi connectivity index (χ4n) is 2.56. The average molecular weight is 290 g/mol. The van der Waals surface area contributed by atoms with Gasteiger partial charge in [0.25, 0.3) is 0 Å². The van der Waals surface area contributed by atoms with Gasteiger partial charge in [0, 0.05) is 0 Å². The van der Waals surface area contributed by atoms with Gasteiger partial charge in [-0.25, -0.2) is 4.57 Å². The Kier molecular flexibility index (Phi) is 11.8. The summed E-state index contributed by atoms with van der Waals surface area (Å²) in [6, 6.07) is 0. The van der Waals surface area contributed by atoms with Crippen molar-refractivity contribution in [1.82, 2.24) is 0 Å². The van der Waals surface area contributed by atoms with Crippen LogP contribution < -0.4 is 0 Å². The molecule has 0 aromatic carbocycles. The minimum atomic E-state index is -4.42. The molecule has 18 heavy (non-hydrogen) atoms. The number of phosphoric acid groups is 1. The van der Waals surface area contributed by atoms with Crippen molar-refractivity contribution in [2.75, 3.05) is 0 Å². The molecule has 0 rings (SSSR count). The van der Waals surface area contributed by atoms with Crippen LogP contribution in [0.2, 0.25) is 0 Å². The summed E-state index contributed by atoms with van der Waals surface area (Å²) in [5, 5.41) is 0. The zero-order chi connectivity index (χ0) is 13.5. The molecule has 0 saturated carbocycles. The van der Waals surface area contributed by atoms with Gasteiger partial charge in [0.05, 0.1) is 5.60 Å². The molecule has 2 N–H and O–H groups in total. The van der Waals surface area contributed by atoms with E-state index in [-0.39, 0.29) is 35.5 Å². The standard InChI is InChI=1S/C12H27O4P.Na.H/c1-5-9-10-11(6-2)12(7-3,8-4)16-17(13,14)15;;/h11H,5-10H2,1-4H3,(H2,13,14,15);;. The van der Waals surface area contributed by atoms with Gasteiger partial charge in [-0.2, -0.15) is 0 Å². The topological polar surface area (TPSA) is 66.8 Å². The normalized spacial score (nSPS) is 14.1. The zero-order valence-electron chi connectivity index (χ0n) is 11.5. The second-order valence-electron chi connectivity index (χ2n) is 4.60. The fraction of sp³-hybridized carbons (Fsp3) is 1.00. The van der Waals surface area contributed by atoms with Gasteiger partial charge in [0.15, 0.2) is 0 Å². The number of hydrogen-bond donors (Lipinski definition) is 2. The first-order valence-corrected chi connectivity index (χ1v) is 8.14. The first kappa shape index (κ1) is 21.4. The van der Waals surface area contributed by atoms with Crippen molar-refractivity contribution in [2.45, 2.75) is 71.8 Å². The maximum absolute atomic E-state index is 11.1. The van der Waals surface area contributed by atoms with Crippen molar-refractivity contribution in [3.63, 3.8) is 0 Å². The predicted molar refractivity (Wildman–Crippen MR) is 76.9 cm³/mol. The molecule has 4 nitrogen and oxygen atoms in total. The van der Waals surface area contributed by atoms with Crippen LogP contribution in [0.25, 0.3) is 0 Å². The van der Waals surface area contributed by atoms with Crippen LogP contribution >= 0.6 is 7.82 Å². The van der Waals surface area contributed by atoms with E-state index in [4.69, 9.17) is 14.3 Å². The number of unbranched alkanes of at least 4 members (excludes halogenated alkanes) is 1. The molecule has 1 unspecified atom stereocenters. The Bertz CT molecular complexity index is 250. The molecule has 0 aliphatic heterocycles. The van der Waals surface area contributed by atoms with Crippen LogP contribution in [0.5, 0.6) is 0 Å². The third-order valence-electron chi connectivity index (χ3n) is 3.64. The Morgan fingerprint density at radius 2 is 1.67 bits per heavy atom. The minimum absolute atomic E-state index is 0. The van der Waals surface area contributed by atoms with E-state index < -0.39 is 13.4 Å². The van der Waals surface area contributed by atoms with Crippen LogP contribution in [-0.2, 0) is 9.09 Å². The van der Waals surface area contributed by atoms with Crippen molar-refractivity contribution < 1.29 is 18.9 Å². The van der Waals surface area contributed by atoms with E-state index in [9.17, 15) is 4.57 Å². The number of hydrogen-bond acceptors (Lipinski definition) is 2. The molecule has 6 heteroatoms. The van der Waals surface area contributed by atoms with Gasteiger partial charge in [-0.1, -0.05) is 47.0 Å². The monoisotopic (exact) mass is 290 g/mol. The van der Waals surface area contributed by atoms with Crippen molar-refractivity contribution >= 4 is 37.4 Å². The molecule has 0 saturated heterocycles. The van der Waals surface area contributed by atoms with Crippen molar-refractivity contribution in [1.29, 1.82) is 0 Å². The van der Waals surface area contributed by atoms with Crippen molar-refractivity contribution in [2.24, 2.45) is 5.92 Å². The Morgan fingerprint density at radius 3 is 1.94 bits per heavy atom.